The summed E-state index contributed by atoms with van der Waals surface area (Å²) in [5.74, 6) is -0.188. The topological polar surface area (TPSA) is 141 Å². The summed E-state index contributed by atoms with van der Waals surface area (Å²) in [7, 11) is 0. The van der Waals surface area contributed by atoms with Crippen LogP contribution in [0.15, 0.2) is 14.9 Å². The average molecular weight is 256 g/mol. The fourth-order valence-corrected chi connectivity index (χ4v) is 1.36. The molecule has 0 aliphatic carbocycles. The van der Waals surface area contributed by atoms with Crippen molar-refractivity contribution in [3.8, 4) is 0 Å². The number of amidine groups is 1. The van der Waals surface area contributed by atoms with E-state index in [9.17, 15) is 0 Å². The highest BCUT2D eigenvalue weighted by molar-refractivity contribution is 7.98. The molecule has 0 atom stereocenters. The van der Waals surface area contributed by atoms with Crippen LogP contribution >= 0.6 is 11.8 Å². The van der Waals surface area contributed by atoms with Crippen LogP contribution in [-0.2, 0) is 6.54 Å². The van der Waals surface area contributed by atoms with E-state index in [0.29, 0.717) is 10.9 Å². The second-order valence-electron chi connectivity index (χ2n) is 2.85. The highest BCUT2D eigenvalue weighted by Crippen LogP contribution is 2.07. The molecule has 3 N–H and O–H groups in total. The summed E-state index contributed by atoms with van der Waals surface area (Å²) in [6.45, 7) is 0.169. The molecule has 17 heavy (non-hydrogen) atoms. The number of hydrogen-bond acceptors (Lipinski definition) is 9. The number of thioether (sulfide) groups is 1. The van der Waals surface area contributed by atoms with Crippen LogP contribution in [0.4, 0.5) is 0 Å². The van der Waals surface area contributed by atoms with Gasteiger partial charge in [-0.3, -0.25) is 0 Å². The van der Waals surface area contributed by atoms with Crippen molar-refractivity contribution >= 4 is 17.6 Å². The van der Waals surface area contributed by atoms with Crippen molar-refractivity contribution in [1.29, 1.82) is 0 Å². The number of nitrogens with two attached hydrogens (primary N) is 1. The predicted octanol–water partition coefficient (Wildman–Crippen LogP) is -1.08. The molecule has 0 fully saturated rings. The average Bonchev–Trinajstić information content (AvgIpc) is 2.97. The number of oxime groups is 1. The van der Waals surface area contributed by atoms with Crippen molar-refractivity contribution in [2.24, 2.45) is 10.9 Å². The van der Waals surface area contributed by atoms with Gasteiger partial charge in [-0.05, 0) is 16.6 Å². The van der Waals surface area contributed by atoms with Crippen molar-refractivity contribution < 1.29 is 9.84 Å². The Hall–Kier alpha value is -2.17. The van der Waals surface area contributed by atoms with Gasteiger partial charge in [0.25, 0.3) is 0 Å². The lowest BCUT2D eigenvalue weighted by molar-refractivity contribution is 0.299. The molecule has 0 aliphatic rings. The molecule has 0 aliphatic heterocycles. The van der Waals surface area contributed by atoms with E-state index in [4.69, 9.17) is 10.9 Å². The van der Waals surface area contributed by atoms with Gasteiger partial charge in [-0.1, -0.05) is 22.1 Å². The highest BCUT2D eigenvalue weighted by Gasteiger charge is 2.16. The Morgan fingerprint density at radius 1 is 1.59 bits per heavy atom. The molecule has 2 rings (SSSR count). The molecular formula is C6H8N8O2S. The lowest BCUT2D eigenvalue weighted by atomic mass is 10.3. The predicted molar refractivity (Wildman–Crippen MR) is 55.5 cm³/mol. The molecular weight excluding hydrogens is 248 g/mol. The summed E-state index contributed by atoms with van der Waals surface area (Å²) >= 11 is 1.36. The van der Waals surface area contributed by atoms with Crippen molar-refractivity contribution in [2.45, 2.75) is 11.7 Å². The maximum absolute atomic E-state index is 8.54. The second kappa shape index (κ2) is 4.78. The van der Waals surface area contributed by atoms with Gasteiger partial charge in [-0.2, -0.15) is 4.80 Å². The van der Waals surface area contributed by atoms with Crippen LogP contribution in [0.2, 0.25) is 0 Å². The third kappa shape index (κ3) is 2.33. The standard InChI is InChI=1S/C6H8N8O2S/c1-17-6-8-13-14(9-6)2-3-4(5(7)10-15)12-16-11-3/h15H,2H2,1H3,(H2,7,10). The van der Waals surface area contributed by atoms with E-state index in [0.717, 1.165) is 0 Å². The summed E-state index contributed by atoms with van der Waals surface area (Å²) in [5.41, 5.74) is 5.89. The quantitative estimate of drug-likeness (QED) is 0.229. The monoisotopic (exact) mass is 256 g/mol. The Labute approximate surface area is 98.8 Å². The van der Waals surface area contributed by atoms with E-state index in [1.165, 1.54) is 16.6 Å². The van der Waals surface area contributed by atoms with Gasteiger partial charge in [-0.25, -0.2) is 4.63 Å². The van der Waals surface area contributed by atoms with Gasteiger partial charge in [0.2, 0.25) is 5.16 Å². The van der Waals surface area contributed by atoms with E-state index in [2.05, 4.69) is 35.5 Å². The second-order valence-corrected chi connectivity index (χ2v) is 3.62. The lowest BCUT2D eigenvalue weighted by Crippen LogP contribution is -2.17. The first-order valence-corrected chi connectivity index (χ1v) is 5.58. The van der Waals surface area contributed by atoms with Gasteiger partial charge >= 0.3 is 0 Å². The van der Waals surface area contributed by atoms with Gasteiger partial charge in [-0.15, -0.1) is 10.2 Å². The summed E-state index contributed by atoms with van der Waals surface area (Å²) in [5, 5.41) is 30.6. The van der Waals surface area contributed by atoms with Gasteiger partial charge in [0.15, 0.2) is 11.5 Å². The number of rotatable bonds is 4. The molecule has 2 aromatic heterocycles. The summed E-state index contributed by atoms with van der Waals surface area (Å²) in [6, 6.07) is 0. The van der Waals surface area contributed by atoms with Crippen LogP contribution in [0.25, 0.3) is 0 Å². The zero-order valence-corrected chi connectivity index (χ0v) is 9.50. The number of nitrogens with zero attached hydrogens (tertiary/aromatic N) is 7. The highest BCUT2D eigenvalue weighted by atomic mass is 32.2. The van der Waals surface area contributed by atoms with Gasteiger partial charge in [0.1, 0.15) is 12.2 Å². The van der Waals surface area contributed by atoms with Gasteiger partial charge < -0.3 is 10.9 Å². The minimum absolute atomic E-state index is 0.149. The van der Waals surface area contributed by atoms with Crippen LogP contribution in [-0.4, -0.2) is 47.8 Å². The van der Waals surface area contributed by atoms with E-state index in [-0.39, 0.29) is 18.1 Å². The molecule has 2 aromatic rings. The fourth-order valence-electron chi connectivity index (χ4n) is 1.06. The zero-order valence-electron chi connectivity index (χ0n) is 8.68. The molecule has 0 unspecified atom stereocenters. The van der Waals surface area contributed by atoms with Crippen molar-refractivity contribution in [3.63, 3.8) is 0 Å². The molecule has 0 saturated carbocycles. The lowest BCUT2D eigenvalue weighted by Gasteiger charge is -1.95. The van der Waals surface area contributed by atoms with Crippen molar-refractivity contribution in [2.75, 3.05) is 6.26 Å². The Balaban J connectivity index is 2.21. The van der Waals surface area contributed by atoms with E-state index >= 15 is 0 Å². The first-order valence-electron chi connectivity index (χ1n) is 4.35. The first kappa shape index (κ1) is 11.3. The van der Waals surface area contributed by atoms with Gasteiger partial charge in [0, 0.05) is 0 Å². The number of tetrazole rings is 1. The molecule has 0 bridgehead atoms. The van der Waals surface area contributed by atoms with Crippen LogP contribution < -0.4 is 5.73 Å². The maximum Gasteiger partial charge on any atom is 0.230 e. The van der Waals surface area contributed by atoms with Gasteiger partial charge in [0.05, 0.1) is 0 Å². The first-order chi connectivity index (χ1) is 8.24. The molecule has 0 amide bonds. The summed E-state index contributed by atoms with van der Waals surface area (Å²) in [4.78, 5) is 1.31. The van der Waals surface area contributed by atoms with E-state index < -0.39 is 0 Å². The number of aromatic nitrogens is 6. The fraction of sp³-hybridized carbons (Fsp3) is 0.333. The molecule has 0 aromatic carbocycles. The Kier molecular flexibility index (Phi) is 3.18. The molecule has 0 radical (unpaired) electrons. The smallest absolute Gasteiger partial charge is 0.230 e. The third-order valence-electron chi connectivity index (χ3n) is 1.82. The van der Waals surface area contributed by atoms with Crippen molar-refractivity contribution in [1.82, 2.24) is 30.5 Å². The largest absolute Gasteiger partial charge is 0.409 e. The van der Waals surface area contributed by atoms with Crippen molar-refractivity contribution in [3.05, 3.63) is 11.4 Å². The number of hydrogen-bond donors (Lipinski definition) is 2. The molecule has 10 nitrogen and oxygen atoms in total. The molecule has 11 heteroatoms. The zero-order chi connectivity index (χ0) is 12.3. The normalized spacial score (nSPS) is 11.9. The molecule has 90 valence electrons. The summed E-state index contributed by atoms with van der Waals surface area (Å²) < 4.78 is 4.51. The van der Waals surface area contributed by atoms with E-state index in [1.807, 2.05) is 6.26 Å². The Morgan fingerprint density at radius 2 is 2.41 bits per heavy atom. The van der Waals surface area contributed by atoms with E-state index in [1.54, 1.807) is 0 Å². The minimum Gasteiger partial charge on any atom is -0.409 e. The molecule has 0 saturated heterocycles. The molecule has 0 spiro atoms. The maximum atomic E-state index is 8.54. The van der Waals surface area contributed by atoms with Crippen LogP contribution in [0.5, 0.6) is 0 Å². The van der Waals surface area contributed by atoms with Crippen LogP contribution in [0.1, 0.15) is 11.4 Å². The SMILES string of the molecule is CSc1nnn(Cc2nonc2/C(N)=N/O)n1. The summed E-state index contributed by atoms with van der Waals surface area (Å²) in [6.07, 6.45) is 1.83. The third-order valence-corrected chi connectivity index (χ3v) is 2.34. The minimum atomic E-state index is -0.188. The van der Waals surface area contributed by atoms with Crippen LogP contribution in [0, 0.1) is 0 Å². The molecule has 2 heterocycles. The Bertz CT molecular complexity index is 534. The van der Waals surface area contributed by atoms with Crippen LogP contribution in [0.3, 0.4) is 0 Å². The Morgan fingerprint density at radius 3 is 3.06 bits per heavy atom.